The average Bonchev–Trinajstić information content (AvgIpc) is 3.56. The fourth-order valence-corrected chi connectivity index (χ4v) is 7.15. The van der Waals surface area contributed by atoms with Gasteiger partial charge in [0.25, 0.3) is 0 Å². The van der Waals surface area contributed by atoms with Gasteiger partial charge < -0.3 is 26.6 Å². The minimum atomic E-state index is -1.03. The summed E-state index contributed by atoms with van der Waals surface area (Å²) in [7, 11) is 1.67. The second-order valence-electron chi connectivity index (χ2n) is 10.1. The van der Waals surface area contributed by atoms with Crippen LogP contribution in [0, 0.1) is 0 Å². The van der Waals surface area contributed by atoms with Crippen LogP contribution in [0.3, 0.4) is 0 Å². The van der Waals surface area contributed by atoms with E-state index in [1.54, 1.807) is 29.7 Å². The number of benzene rings is 2. The Labute approximate surface area is 235 Å². The van der Waals surface area contributed by atoms with Crippen molar-refractivity contribution in [1.82, 2.24) is 20.9 Å². The largest absolute Gasteiger partial charge is 0.342 e. The van der Waals surface area contributed by atoms with Crippen molar-refractivity contribution < 1.29 is 14.4 Å². The molecule has 3 heterocycles. The van der Waals surface area contributed by atoms with Gasteiger partial charge in [0.15, 0.2) is 0 Å². The molecule has 4 aromatic rings. The highest BCUT2D eigenvalue weighted by Gasteiger charge is 2.38. The molecule has 10 heteroatoms. The number of amides is 3. The van der Waals surface area contributed by atoms with Crippen LogP contribution in [0.2, 0.25) is 0 Å². The summed E-state index contributed by atoms with van der Waals surface area (Å²) in [6, 6.07) is 15.3. The van der Waals surface area contributed by atoms with E-state index >= 15 is 0 Å². The summed E-state index contributed by atoms with van der Waals surface area (Å²) in [6.07, 6.45) is 1.79. The average molecular weight is 564 g/mol. The molecule has 0 radical (unpaired) electrons. The van der Waals surface area contributed by atoms with Crippen molar-refractivity contribution in [2.75, 3.05) is 20.1 Å². The zero-order chi connectivity index (χ0) is 27.4. The molecule has 204 valence electrons. The van der Waals surface area contributed by atoms with Crippen molar-refractivity contribution in [2.24, 2.45) is 5.73 Å². The molecule has 1 aliphatic rings. The standard InChI is InChI=1S/C29H33N5O3S2/c1-34(26(32-18-35)15-20-17-39-25-9-5-3-7-22(20)25)27(36)23(33-28(37)29(30)10-12-31-13-11-29)14-19-16-38-24-8-4-2-6-21(19)24/h2-9,16-18,23,26,31H,10-15,30H2,1H3,(H,32,35)(H,33,37)/t23-,26-/m1/s1. The molecule has 1 fully saturated rings. The van der Waals surface area contributed by atoms with Gasteiger partial charge in [-0.25, -0.2) is 0 Å². The maximum atomic E-state index is 14.0. The van der Waals surface area contributed by atoms with Gasteiger partial charge in [-0.05, 0) is 70.7 Å². The Bertz CT molecular complexity index is 1480. The lowest BCUT2D eigenvalue weighted by Crippen LogP contribution is -2.63. The van der Waals surface area contributed by atoms with E-state index in [2.05, 4.69) is 27.4 Å². The summed E-state index contributed by atoms with van der Waals surface area (Å²) >= 11 is 3.25. The number of nitrogens with one attached hydrogen (secondary N) is 3. The number of hydrogen-bond acceptors (Lipinski definition) is 7. The molecule has 0 spiro atoms. The molecule has 0 aliphatic carbocycles. The number of nitrogens with two attached hydrogens (primary N) is 1. The lowest BCUT2D eigenvalue weighted by atomic mass is 9.88. The Morgan fingerprint density at radius 3 is 2.15 bits per heavy atom. The van der Waals surface area contributed by atoms with E-state index < -0.39 is 17.7 Å². The first-order valence-corrected chi connectivity index (χ1v) is 14.8. The lowest BCUT2D eigenvalue weighted by Gasteiger charge is -2.35. The third-order valence-corrected chi connectivity index (χ3v) is 9.61. The minimum Gasteiger partial charge on any atom is -0.342 e. The fourth-order valence-electron chi connectivity index (χ4n) is 5.20. The number of thiophene rings is 2. The van der Waals surface area contributed by atoms with Gasteiger partial charge in [0, 0.05) is 29.3 Å². The minimum absolute atomic E-state index is 0.282. The van der Waals surface area contributed by atoms with Crippen molar-refractivity contribution in [3.05, 3.63) is 70.4 Å². The van der Waals surface area contributed by atoms with Crippen LogP contribution in [0.5, 0.6) is 0 Å². The van der Waals surface area contributed by atoms with Crippen molar-refractivity contribution >= 4 is 61.1 Å². The molecule has 0 saturated carbocycles. The molecule has 2 aromatic carbocycles. The van der Waals surface area contributed by atoms with Crippen molar-refractivity contribution in [3.8, 4) is 0 Å². The fraction of sp³-hybridized carbons (Fsp3) is 0.345. The van der Waals surface area contributed by atoms with Crippen LogP contribution in [0.4, 0.5) is 0 Å². The second kappa shape index (κ2) is 11.8. The summed E-state index contributed by atoms with van der Waals surface area (Å²) in [6.45, 7) is 1.30. The number of hydrogen-bond donors (Lipinski definition) is 4. The zero-order valence-electron chi connectivity index (χ0n) is 21.8. The summed E-state index contributed by atoms with van der Waals surface area (Å²) < 4.78 is 2.27. The second-order valence-corrected chi connectivity index (χ2v) is 11.9. The van der Waals surface area contributed by atoms with Crippen LogP contribution in [-0.2, 0) is 27.2 Å². The molecule has 1 saturated heterocycles. The smallest absolute Gasteiger partial charge is 0.246 e. The quantitative estimate of drug-likeness (QED) is 0.175. The van der Waals surface area contributed by atoms with Gasteiger partial charge in [-0.15, -0.1) is 22.7 Å². The molecular formula is C29H33N5O3S2. The van der Waals surface area contributed by atoms with Crippen LogP contribution in [0.15, 0.2) is 59.3 Å². The van der Waals surface area contributed by atoms with Crippen LogP contribution in [0.1, 0.15) is 24.0 Å². The SMILES string of the molecule is CN(C(=O)[C@@H](Cc1csc2ccccc12)NC(=O)C1(N)CCNCC1)[C@H](Cc1csc2ccccc12)NC=O. The summed E-state index contributed by atoms with van der Waals surface area (Å²) in [5.74, 6) is -0.603. The van der Waals surface area contributed by atoms with Crippen LogP contribution in [-0.4, -0.2) is 61.0 Å². The van der Waals surface area contributed by atoms with Gasteiger partial charge in [-0.3, -0.25) is 14.4 Å². The third-order valence-electron chi connectivity index (χ3n) is 7.59. The number of rotatable bonds is 10. The van der Waals surface area contributed by atoms with Crippen LogP contribution < -0.4 is 21.7 Å². The predicted molar refractivity (Wildman–Crippen MR) is 158 cm³/mol. The topological polar surface area (TPSA) is 117 Å². The number of nitrogens with zero attached hydrogens (tertiary/aromatic N) is 1. The Morgan fingerprint density at radius 2 is 1.56 bits per heavy atom. The van der Waals surface area contributed by atoms with Crippen molar-refractivity contribution in [3.63, 3.8) is 0 Å². The first kappa shape index (κ1) is 27.3. The zero-order valence-corrected chi connectivity index (χ0v) is 23.4. The lowest BCUT2D eigenvalue weighted by molar-refractivity contribution is -0.139. The summed E-state index contributed by atoms with van der Waals surface area (Å²) in [4.78, 5) is 40.6. The normalized spacial score (nSPS) is 16.5. The summed E-state index contributed by atoms with van der Waals surface area (Å²) in [5, 5.41) is 15.3. The van der Waals surface area contributed by atoms with E-state index in [1.807, 2.05) is 47.8 Å². The van der Waals surface area contributed by atoms with Crippen molar-refractivity contribution in [1.29, 1.82) is 0 Å². The Kier molecular flexibility index (Phi) is 8.27. The molecular weight excluding hydrogens is 530 g/mol. The van der Waals surface area contributed by atoms with Gasteiger partial charge in [0.1, 0.15) is 12.2 Å². The predicted octanol–water partition coefficient (Wildman–Crippen LogP) is 3.00. The molecule has 3 amide bonds. The molecule has 0 bridgehead atoms. The molecule has 1 aliphatic heterocycles. The van der Waals surface area contributed by atoms with E-state index in [4.69, 9.17) is 5.73 Å². The Hall–Kier alpha value is -3.31. The van der Waals surface area contributed by atoms with E-state index in [-0.39, 0.29) is 11.8 Å². The number of piperidine rings is 1. The molecule has 39 heavy (non-hydrogen) atoms. The van der Waals surface area contributed by atoms with Crippen LogP contribution >= 0.6 is 22.7 Å². The van der Waals surface area contributed by atoms with Gasteiger partial charge in [0.2, 0.25) is 18.2 Å². The van der Waals surface area contributed by atoms with Crippen molar-refractivity contribution in [2.45, 2.75) is 43.4 Å². The number of carbonyl (C=O) groups excluding carboxylic acids is 3. The van der Waals surface area contributed by atoms with Gasteiger partial charge in [-0.2, -0.15) is 0 Å². The number of likely N-dealkylation sites (N-methyl/N-ethyl adjacent to an activating group) is 1. The first-order valence-electron chi connectivity index (χ1n) is 13.1. The third kappa shape index (κ3) is 5.84. The molecule has 8 nitrogen and oxygen atoms in total. The van der Waals surface area contributed by atoms with Gasteiger partial charge >= 0.3 is 0 Å². The molecule has 2 aromatic heterocycles. The van der Waals surface area contributed by atoms with Gasteiger partial charge in [0.05, 0.1) is 5.54 Å². The van der Waals surface area contributed by atoms with E-state index in [1.165, 1.54) is 4.90 Å². The highest BCUT2D eigenvalue weighted by molar-refractivity contribution is 7.17. The molecule has 5 N–H and O–H groups in total. The van der Waals surface area contributed by atoms with E-state index in [9.17, 15) is 14.4 Å². The molecule has 2 atom stereocenters. The Morgan fingerprint density at radius 1 is 1.00 bits per heavy atom. The maximum Gasteiger partial charge on any atom is 0.246 e. The number of fused-ring (bicyclic) bond motifs is 2. The van der Waals surface area contributed by atoms with E-state index in [0.717, 1.165) is 31.3 Å². The summed E-state index contributed by atoms with van der Waals surface area (Å²) in [5.41, 5.74) is 7.52. The number of carbonyl (C=O) groups is 3. The highest BCUT2D eigenvalue weighted by atomic mass is 32.1. The highest BCUT2D eigenvalue weighted by Crippen LogP contribution is 2.29. The van der Waals surface area contributed by atoms with Gasteiger partial charge in [-0.1, -0.05) is 36.4 Å². The monoisotopic (exact) mass is 563 g/mol. The molecule has 0 unspecified atom stereocenters. The Balaban J connectivity index is 1.42. The first-order chi connectivity index (χ1) is 18.9. The molecule has 5 rings (SSSR count). The maximum absolute atomic E-state index is 14.0. The van der Waals surface area contributed by atoms with E-state index in [0.29, 0.717) is 45.2 Å². The van der Waals surface area contributed by atoms with Crippen LogP contribution in [0.25, 0.3) is 20.2 Å².